The molecule has 0 aliphatic carbocycles. The summed E-state index contributed by atoms with van der Waals surface area (Å²) < 4.78 is 0. The Labute approximate surface area is 107 Å². The molecule has 0 fully saturated rings. The SMILES string of the molecule is CCC(C)(C)C(=O)Nc1cc(C(=O)O)ccc1C. The molecule has 0 radical (unpaired) electrons. The first kappa shape index (κ1) is 14.2. The van der Waals surface area contributed by atoms with Gasteiger partial charge in [-0.2, -0.15) is 0 Å². The maximum Gasteiger partial charge on any atom is 0.335 e. The van der Waals surface area contributed by atoms with Gasteiger partial charge in [0.2, 0.25) is 5.91 Å². The zero-order valence-electron chi connectivity index (χ0n) is 11.2. The van der Waals surface area contributed by atoms with Crippen LogP contribution in [0.2, 0.25) is 0 Å². The van der Waals surface area contributed by atoms with Gasteiger partial charge < -0.3 is 10.4 Å². The molecule has 0 aliphatic heterocycles. The van der Waals surface area contributed by atoms with Crippen molar-refractivity contribution in [1.82, 2.24) is 0 Å². The number of hydrogen-bond acceptors (Lipinski definition) is 2. The van der Waals surface area contributed by atoms with Crippen LogP contribution in [0, 0.1) is 12.3 Å². The van der Waals surface area contributed by atoms with Crippen molar-refractivity contribution in [2.24, 2.45) is 5.41 Å². The summed E-state index contributed by atoms with van der Waals surface area (Å²) in [5.41, 5.74) is 1.11. The van der Waals surface area contributed by atoms with Crippen LogP contribution in [-0.2, 0) is 4.79 Å². The van der Waals surface area contributed by atoms with Crippen molar-refractivity contribution in [2.75, 3.05) is 5.32 Å². The van der Waals surface area contributed by atoms with Gasteiger partial charge in [0.05, 0.1) is 5.56 Å². The highest BCUT2D eigenvalue weighted by Gasteiger charge is 2.25. The van der Waals surface area contributed by atoms with E-state index in [0.29, 0.717) is 5.69 Å². The Balaban J connectivity index is 3.01. The first-order chi connectivity index (χ1) is 8.27. The average molecular weight is 249 g/mol. The smallest absolute Gasteiger partial charge is 0.335 e. The van der Waals surface area contributed by atoms with E-state index in [2.05, 4.69) is 5.32 Å². The second-order valence-electron chi connectivity index (χ2n) is 5.03. The second kappa shape index (κ2) is 5.21. The summed E-state index contributed by atoms with van der Waals surface area (Å²) in [4.78, 5) is 22.9. The second-order valence-corrected chi connectivity index (χ2v) is 5.03. The predicted octanol–water partition coefficient (Wildman–Crippen LogP) is 3.07. The van der Waals surface area contributed by atoms with Crippen LogP contribution >= 0.6 is 0 Å². The lowest BCUT2D eigenvalue weighted by Crippen LogP contribution is -2.30. The predicted molar refractivity (Wildman–Crippen MR) is 70.8 cm³/mol. The van der Waals surface area contributed by atoms with Crippen LogP contribution < -0.4 is 5.32 Å². The topological polar surface area (TPSA) is 66.4 Å². The van der Waals surface area contributed by atoms with Crippen LogP contribution in [0.25, 0.3) is 0 Å². The van der Waals surface area contributed by atoms with Gasteiger partial charge in [0.1, 0.15) is 0 Å². The molecule has 0 heterocycles. The van der Waals surface area contributed by atoms with Crippen LogP contribution in [0.4, 0.5) is 5.69 Å². The van der Waals surface area contributed by atoms with Crippen molar-refractivity contribution >= 4 is 17.6 Å². The van der Waals surface area contributed by atoms with Crippen molar-refractivity contribution in [2.45, 2.75) is 34.1 Å². The van der Waals surface area contributed by atoms with Gasteiger partial charge in [-0.25, -0.2) is 4.79 Å². The number of carboxylic acids is 1. The van der Waals surface area contributed by atoms with E-state index in [1.54, 1.807) is 6.07 Å². The van der Waals surface area contributed by atoms with Gasteiger partial charge in [0.15, 0.2) is 0 Å². The van der Waals surface area contributed by atoms with E-state index in [0.717, 1.165) is 12.0 Å². The van der Waals surface area contributed by atoms with Gasteiger partial charge >= 0.3 is 5.97 Å². The summed E-state index contributed by atoms with van der Waals surface area (Å²) in [6.45, 7) is 7.50. The number of hydrogen-bond donors (Lipinski definition) is 2. The molecule has 0 atom stereocenters. The zero-order chi connectivity index (χ0) is 13.9. The van der Waals surface area contributed by atoms with E-state index >= 15 is 0 Å². The van der Waals surface area contributed by atoms with Crippen molar-refractivity contribution in [3.8, 4) is 0 Å². The summed E-state index contributed by atoms with van der Waals surface area (Å²) >= 11 is 0. The number of rotatable bonds is 4. The normalized spacial score (nSPS) is 11.1. The molecule has 4 nitrogen and oxygen atoms in total. The van der Waals surface area contributed by atoms with E-state index in [9.17, 15) is 9.59 Å². The molecule has 0 bridgehead atoms. The highest BCUT2D eigenvalue weighted by atomic mass is 16.4. The third-order valence-electron chi connectivity index (χ3n) is 3.23. The van der Waals surface area contributed by atoms with Gasteiger partial charge in [0, 0.05) is 11.1 Å². The van der Waals surface area contributed by atoms with E-state index in [1.165, 1.54) is 12.1 Å². The third-order valence-corrected chi connectivity index (χ3v) is 3.23. The molecule has 0 unspecified atom stereocenters. The maximum atomic E-state index is 12.0. The molecule has 0 aliphatic rings. The van der Waals surface area contributed by atoms with E-state index in [1.807, 2.05) is 27.7 Å². The molecule has 0 spiro atoms. The fourth-order valence-corrected chi connectivity index (χ4v) is 1.34. The van der Waals surface area contributed by atoms with E-state index in [-0.39, 0.29) is 11.5 Å². The number of aromatic carboxylic acids is 1. The number of benzene rings is 1. The molecule has 0 saturated heterocycles. The Bertz CT molecular complexity index is 478. The summed E-state index contributed by atoms with van der Waals surface area (Å²) in [5.74, 6) is -1.10. The minimum Gasteiger partial charge on any atom is -0.478 e. The Kier molecular flexibility index (Phi) is 4.11. The van der Waals surface area contributed by atoms with Crippen LogP contribution in [0.15, 0.2) is 18.2 Å². The Hall–Kier alpha value is -1.84. The Morgan fingerprint density at radius 3 is 2.44 bits per heavy atom. The molecule has 1 amide bonds. The highest BCUT2D eigenvalue weighted by molar-refractivity contribution is 5.97. The molecule has 98 valence electrons. The summed E-state index contributed by atoms with van der Waals surface area (Å²) in [7, 11) is 0. The third kappa shape index (κ3) is 3.09. The molecule has 1 aromatic carbocycles. The largest absolute Gasteiger partial charge is 0.478 e. The molecule has 2 N–H and O–H groups in total. The maximum absolute atomic E-state index is 12.0. The summed E-state index contributed by atoms with van der Waals surface area (Å²) in [6.07, 6.45) is 0.719. The van der Waals surface area contributed by atoms with Gasteiger partial charge in [-0.05, 0) is 31.0 Å². The van der Waals surface area contributed by atoms with Crippen LogP contribution in [0.1, 0.15) is 43.1 Å². The lowest BCUT2D eigenvalue weighted by Gasteiger charge is -2.22. The van der Waals surface area contributed by atoms with E-state index < -0.39 is 11.4 Å². The number of carbonyl (C=O) groups is 2. The molecule has 1 rings (SSSR count). The van der Waals surface area contributed by atoms with Gasteiger partial charge in [0.25, 0.3) is 0 Å². The number of carbonyl (C=O) groups excluding carboxylic acids is 1. The zero-order valence-corrected chi connectivity index (χ0v) is 11.2. The minimum absolute atomic E-state index is 0.101. The molecular weight excluding hydrogens is 230 g/mol. The first-order valence-electron chi connectivity index (χ1n) is 5.93. The molecule has 0 saturated carbocycles. The number of nitrogens with one attached hydrogen (secondary N) is 1. The van der Waals surface area contributed by atoms with Crippen LogP contribution in [0.3, 0.4) is 0 Å². The fraction of sp³-hybridized carbons (Fsp3) is 0.429. The number of aryl methyl sites for hydroxylation is 1. The van der Waals surface area contributed by atoms with Crippen molar-refractivity contribution in [3.05, 3.63) is 29.3 Å². The first-order valence-corrected chi connectivity index (χ1v) is 5.93. The molecule has 0 aromatic heterocycles. The van der Waals surface area contributed by atoms with Crippen molar-refractivity contribution in [1.29, 1.82) is 0 Å². The van der Waals surface area contributed by atoms with E-state index in [4.69, 9.17) is 5.11 Å². The highest BCUT2D eigenvalue weighted by Crippen LogP contribution is 2.24. The lowest BCUT2D eigenvalue weighted by molar-refractivity contribution is -0.124. The number of anilines is 1. The van der Waals surface area contributed by atoms with Crippen molar-refractivity contribution < 1.29 is 14.7 Å². The van der Waals surface area contributed by atoms with Crippen molar-refractivity contribution in [3.63, 3.8) is 0 Å². The van der Waals surface area contributed by atoms with Gasteiger partial charge in [-0.15, -0.1) is 0 Å². The quantitative estimate of drug-likeness (QED) is 0.861. The monoisotopic (exact) mass is 249 g/mol. The van der Waals surface area contributed by atoms with Crippen LogP contribution in [0.5, 0.6) is 0 Å². The standard InChI is InChI=1S/C14H19NO3/c1-5-14(3,4)13(18)15-11-8-10(12(16)17)7-6-9(11)2/h6-8H,5H2,1-4H3,(H,15,18)(H,16,17). The minimum atomic E-state index is -1.000. The number of carboxylic acid groups (broad SMARTS) is 1. The fourth-order valence-electron chi connectivity index (χ4n) is 1.34. The molecule has 18 heavy (non-hydrogen) atoms. The van der Waals surface area contributed by atoms with Gasteiger partial charge in [-0.3, -0.25) is 4.79 Å². The number of amides is 1. The Morgan fingerprint density at radius 2 is 1.94 bits per heavy atom. The molecular formula is C14H19NO3. The Morgan fingerprint density at radius 1 is 1.33 bits per heavy atom. The summed E-state index contributed by atoms with van der Waals surface area (Å²) in [6, 6.07) is 4.71. The average Bonchev–Trinajstić information content (AvgIpc) is 2.31. The van der Waals surface area contributed by atoms with Crippen LogP contribution in [-0.4, -0.2) is 17.0 Å². The lowest BCUT2D eigenvalue weighted by atomic mass is 9.89. The molecule has 1 aromatic rings. The summed E-state index contributed by atoms with van der Waals surface area (Å²) in [5, 5.41) is 11.7. The van der Waals surface area contributed by atoms with Gasteiger partial charge in [-0.1, -0.05) is 26.8 Å². The molecule has 4 heteroatoms.